The maximum atomic E-state index is 12.8. The lowest BCUT2D eigenvalue weighted by Gasteiger charge is -2.10. The number of nitrogens with zero attached hydrogens (tertiary/aromatic N) is 2. The summed E-state index contributed by atoms with van der Waals surface area (Å²) >= 11 is 6.03. The molecule has 8 heteroatoms. The molecule has 0 aliphatic rings. The van der Waals surface area contributed by atoms with E-state index in [9.17, 15) is 13.2 Å². The number of carbonyl (C=O) groups excluding carboxylic acids is 1. The molecular formula is C16H13ClN2O4S. The number of carbonyl (C=O) groups is 1. The van der Waals surface area contributed by atoms with E-state index in [0.717, 1.165) is 3.97 Å². The number of esters is 1. The number of benzene rings is 1. The summed E-state index contributed by atoms with van der Waals surface area (Å²) in [5.74, 6) is -0.892. The summed E-state index contributed by atoms with van der Waals surface area (Å²) in [5.41, 5.74) is 0.843. The number of fused-ring (bicyclic) bond motifs is 1. The molecule has 0 spiro atoms. The smallest absolute Gasteiger partial charge is 0.341 e. The van der Waals surface area contributed by atoms with Crippen LogP contribution in [-0.2, 0) is 20.5 Å². The summed E-state index contributed by atoms with van der Waals surface area (Å²) in [6.45, 7) is 0. The quantitative estimate of drug-likeness (QED) is 0.525. The van der Waals surface area contributed by atoms with E-state index < -0.39 is 16.0 Å². The van der Waals surface area contributed by atoms with Gasteiger partial charge in [0.15, 0.2) is 0 Å². The van der Waals surface area contributed by atoms with Gasteiger partial charge in [-0.3, -0.25) is 0 Å². The minimum Gasteiger partial charge on any atom is -0.465 e. The van der Waals surface area contributed by atoms with Gasteiger partial charge in [0.1, 0.15) is 10.7 Å². The first-order valence-electron chi connectivity index (χ1n) is 6.95. The number of aromatic nitrogens is 2. The predicted molar refractivity (Wildman–Crippen MR) is 90.5 cm³/mol. The largest absolute Gasteiger partial charge is 0.465 e. The molecule has 0 amide bonds. The van der Waals surface area contributed by atoms with E-state index in [-0.39, 0.29) is 22.0 Å². The second-order valence-electron chi connectivity index (χ2n) is 5.07. The Bertz CT molecular complexity index is 1010. The number of hydrogen-bond acceptors (Lipinski definition) is 5. The van der Waals surface area contributed by atoms with Crippen molar-refractivity contribution in [2.75, 3.05) is 7.11 Å². The lowest BCUT2D eigenvalue weighted by Crippen LogP contribution is -2.16. The van der Waals surface area contributed by atoms with E-state index >= 15 is 0 Å². The fraction of sp³-hybridized carbons (Fsp3) is 0.125. The van der Waals surface area contributed by atoms with Crippen LogP contribution in [0.3, 0.4) is 0 Å². The van der Waals surface area contributed by atoms with E-state index in [0.29, 0.717) is 10.9 Å². The predicted octanol–water partition coefficient (Wildman–Crippen LogP) is 2.85. The van der Waals surface area contributed by atoms with E-state index in [2.05, 4.69) is 4.98 Å². The second kappa shape index (κ2) is 6.26. The van der Waals surface area contributed by atoms with Crippen LogP contribution in [0.5, 0.6) is 0 Å². The summed E-state index contributed by atoms with van der Waals surface area (Å²) in [4.78, 5) is 15.9. The van der Waals surface area contributed by atoms with Crippen molar-refractivity contribution in [1.29, 1.82) is 0 Å². The third kappa shape index (κ3) is 2.88. The molecule has 24 heavy (non-hydrogen) atoms. The number of rotatable bonds is 4. The molecule has 6 nitrogen and oxygen atoms in total. The van der Waals surface area contributed by atoms with Crippen LogP contribution in [0.15, 0.2) is 48.8 Å². The van der Waals surface area contributed by atoms with Crippen LogP contribution < -0.4 is 0 Å². The molecular weight excluding hydrogens is 352 g/mol. The average molecular weight is 365 g/mol. The Balaban J connectivity index is 2.19. The Morgan fingerprint density at radius 1 is 1.25 bits per heavy atom. The van der Waals surface area contributed by atoms with Crippen molar-refractivity contribution in [3.63, 3.8) is 0 Å². The number of methoxy groups -OCH3 is 1. The summed E-state index contributed by atoms with van der Waals surface area (Å²) < 4.78 is 31.4. The highest BCUT2D eigenvalue weighted by Gasteiger charge is 2.23. The zero-order chi connectivity index (χ0) is 17.3. The minimum atomic E-state index is -3.76. The fourth-order valence-corrected chi connectivity index (χ4v) is 4.12. The molecule has 0 atom stereocenters. The van der Waals surface area contributed by atoms with Gasteiger partial charge in [-0.15, -0.1) is 0 Å². The summed E-state index contributed by atoms with van der Waals surface area (Å²) in [5, 5.41) is 0.488. The standard InChI is InChI=1S/C16H13ClN2O4S/c1-23-16(20)13-9-18-15(17)12-7-8-19(14(12)13)24(21,22)10-11-5-3-2-4-6-11/h2-9H,10H2,1H3. The number of halogens is 1. The van der Waals surface area contributed by atoms with Crippen molar-refractivity contribution in [1.82, 2.24) is 8.96 Å². The van der Waals surface area contributed by atoms with E-state index in [4.69, 9.17) is 16.3 Å². The van der Waals surface area contributed by atoms with Crippen molar-refractivity contribution in [2.45, 2.75) is 5.75 Å². The molecule has 3 rings (SSSR count). The average Bonchev–Trinajstić information content (AvgIpc) is 3.02. The molecule has 0 bridgehead atoms. The van der Waals surface area contributed by atoms with E-state index in [1.807, 2.05) is 6.07 Å². The minimum absolute atomic E-state index is 0.0403. The van der Waals surface area contributed by atoms with Crippen molar-refractivity contribution in [3.05, 3.63) is 65.1 Å². The van der Waals surface area contributed by atoms with Crippen molar-refractivity contribution in [2.24, 2.45) is 0 Å². The highest BCUT2D eigenvalue weighted by molar-refractivity contribution is 7.89. The highest BCUT2D eigenvalue weighted by atomic mass is 35.5. The Morgan fingerprint density at radius 2 is 1.96 bits per heavy atom. The van der Waals surface area contributed by atoms with Crippen LogP contribution in [0.2, 0.25) is 5.15 Å². The molecule has 124 valence electrons. The third-order valence-electron chi connectivity index (χ3n) is 3.53. The van der Waals surface area contributed by atoms with Gasteiger partial charge in [-0.1, -0.05) is 41.9 Å². The molecule has 0 fully saturated rings. The molecule has 0 unspecified atom stereocenters. The molecule has 2 aromatic heterocycles. The molecule has 2 heterocycles. The first-order valence-corrected chi connectivity index (χ1v) is 8.94. The molecule has 0 saturated carbocycles. The summed E-state index contributed by atoms with van der Waals surface area (Å²) in [7, 11) is -2.54. The zero-order valence-corrected chi connectivity index (χ0v) is 14.2. The molecule has 1 aromatic carbocycles. The Labute approximate surface area is 143 Å². The summed E-state index contributed by atoms with van der Waals surface area (Å²) in [6, 6.07) is 10.3. The number of ether oxygens (including phenoxy) is 1. The van der Waals surface area contributed by atoms with E-state index in [1.54, 1.807) is 24.3 Å². The number of hydrogen-bond donors (Lipinski definition) is 0. The lowest BCUT2D eigenvalue weighted by molar-refractivity contribution is 0.0602. The van der Waals surface area contributed by atoms with Gasteiger partial charge in [0.05, 0.1) is 18.4 Å². The van der Waals surface area contributed by atoms with Crippen molar-refractivity contribution in [3.8, 4) is 0 Å². The third-order valence-corrected chi connectivity index (χ3v) is 5.44. The van der Waals surface area contributed by atoms with Gasteiger partial charge in [0.25, 0.3) is 0 Å². The van der Waals surface area contributed by atoms with Crippen LogP contribution in [0.25, 0.3) is 10.9 Å². The first-order chi connectivity index (χ1) is 11.4. The van der Waals surface area contributed by atoms with Gasteiger partial charge in [-0.05, 0) is 11.6 Å². The molecule has 0 radical (unpaired) electrons. The number of pyridine rings is 1. The van der Waals surface area contributed by atoms with Crippen LogP contribution in [0, 0.1) is 0 Å². The van der Waals surface area contributed by atoms with Gasteiger partial charge in [-0.25, -0.2) is 22.2 Å². The SMILES string of the molecule is COC(=O)c1cnc(Cl)c2ccn(S(=O)(=O)Cc3ccccc3)c12. The monoisotopic (exact) mass is 364 g/mol. The second-order valence-corrected chi connectivity index (χ2v) is 7.27. The van der Waals surface area contributed by atoms with Crippen molar-refractivity contribution < 1.29 is 17.9 Å². The maximum Gasteiger partial charge on any atom is 0.341 e. The Kier molecular flexibility index (Phi) is 4.29. The molecule has 3 aromatic rings. The lowest BCUT2D eigenvalue weighted by atomic mass is 10.2. The van der Waals surface area contributed by atoms with Gasteiger partial charge in [0.2, 0.25) is 10.0 Å². The van der Waals surface area contributed by atoms with Crippen LogP contribution in [0.4, 0.5) is 0 Å². The normalized spacial score (nSPS) is 11.6. The topological polar surface area (TPSA) is 78.3 Å². The van der Waals surface area contributed by atoms with Gasteiger partial charge < -0.3 is 4.74 Å². The zero-order valence-electron chi connectivity index (χ0n) is 12.6. The van der Waals surface area contributed by atoms with Crippen LogP contribution in [0.1, 0.15) is 15.9 Å². The van der Waals surface area contributed by atoms with Gasteiger partial charge in [0, 0.05) is 17.8 Å². The summed E-state index contributed by atoms with van der Waals surface area (Å²) in [6.07, 6.45) is 2.58. The first kappa shape index (κ1) is 16.5. The van der Waals surface area contributed by atoms with Crippen LogP contribution in [-0.4, -0.2) is 30.5 Å². The highest BCUT2D eigenvalue weighted by Crippen LogP contribution is 2.28. The molecule has 0 N–H and O–H groups in total. The maximum absolute atomic E-state index is 12.8. The van der Waals surface area contributed by atoms with Gasteiger partial charge in [-0.2, -0.15) is 0 Å². The van der Waals surface area contributed by atoms with Crippen LogP contribution >= 0.6 is 11.6 Å². The molecule has 0 aliphatic heterocycles. The van der Waals surface area contributed by atoms with Crippen molar-refractivity contribution >= 4 is 38.5 Å². The fourth-order valence-electron chi connectivity index (χ4n) is 2.44. The van der Waals surface area contributed by atoms with Gasteiger partial charge >= 0.3 is 5.97 Å². The Hall–Kier alpha value is -2.38. The van der Waals surface area contributed by atoms with E-state index in [1.165, 1.54) is 25.6 Å². The molecule has 0 aliphatic carbocycles. The molecule has 0 saturated heterocycles. The Morgan fingerprint density at radius 3 is 2.62 bits per heavy atom.